The molecule has 1 aliphatic carbocycles. The molecule has 1 N–H and O–H groups in total. The monoisotopic (exact) mass is 210 g/mol. The van der Waals surface area contributed by atoms with Crippen LogP contribution in [-0.4, -0.2) is 17.4 Å². The topological polar surface area (TPSA) is 20.2 Å². The van der Waals surface area contributed by atoms with E-state index in [4.69, 9.17) is 0 Å². The molecule has 84 valence electrons. The largest absolute Gasteiger partial charge is 0.393 e. The summed E-state index contributed by atoms with van der Waals surface area (Å²) in [6.07, 6.45) is -2.41. The summed E-state index contributed by atoms with van der Waals surface area (Å²) in [4.78, 5) is 0. The van der Waals surface area contributed by atoms with Crippen LogP contribution in [0, 0.1) is 11.8 Å². The lowest BCUT2D eigenvalue weighted by atomic mass is 9.78. The highest BCUT2D eigenvalue weighted by Crippen LogP contribution is 2.41. The molecule has 0 radical (unpaired) electrons. The molecule has 0 heterocycles. The van der Waals surface area contributed by atoms with E-state index in [1.807, 2.05) is 6.92 Å². The Bertz CT molecular complexity index is 179. The Morgan fingerprint density at radius 3 is 2.50 bits per heavy atom. The summed E-state index contributed by atoms with van der Waals surface area (Å²) in [5, 5.41) is 9.50. The van der Waals surface area contributed by atoms with Crippen LogP contribution in [0.1, 0.15) is 39.0 Å². The number of halogens is 3. The van der Waals surface area contributed by atoms with E-state index < -0.39 is 18.2 Å². The van der Waals surface area contributed by atoms with Crippen LogP contribution in [0.3, 0.4) is 0 Å². The highest BCUT2D eigenvalue weighted by atomic mass is 19.4. The van der Waals surface area contributed by atoms with E-state index in [9.17, 15) is 18.3 Å². The summed E-state index contributed by atoms with van der Waals surface area (Å²) in [5.41, 5.74) is 0. The molecule has 4 heteroatoms. The molecule has 3 atom stereocenters. The van der Waals surface area contributed by atoms with Gasteiger partial charge < -0.3 is 5.11 Å². The minimum absolute atomic E-state index is 0.110. The van der Waals surface area contributed by atoms with Crippen molar-refractivity contribution in [2.75, 3.05) is 0 Å². The third-order valence-corrected chi connectivity index (χ3v) is 3.14. The molecule has 1 nitrogen and oxygen atoms in total. The third kappa shape index (κ3) is 2.87. The zero-order valence-corrected chi connectivity index (χ0v) is 8.35. The summed E-state index contributed by atoms with van der Waals surface area (Å²) in [5.74, 6) is -1.34. The Morgan fingerprint density at radius 1 is 1.36 bits per heavy atom. The van der Waals surface area contributed by atoms with Gasteiger partial charge in [0.05, 0.1) is 12.0 Å². The quantitative estimate of drug-likeness (QED) is 0.742. The lowest BCUT2D eigenvalue weighted by molar-refractivity contribution is -0.188. The number of alkyl halides is 3. The second kappa shape index (κ2) is 4.51. The molecule has 0 spiro atoms. The van der Waals surface area contributed by atoms with E-state index >= 15 is 0 Å². The number of aliphatic hydroxyl groups excluding tert-OH is 1. The van der Waals surface area contributed by atoms with Crippen LogP contribution >= 0.6 is 0 Å². The molecule has 0 aromatic carbocycles. The van der Waals surface area contributed by atoms with E-state index in [0.717, 1.165) is 6.42 Å². The first-order valence-corrected chi connectivity index (χ1v) is 5.20. The van der Waals surface area contributed by atoms with Crippen LogP contribution in [0.5, 0.6) is 0 Å². The molecule has 0 bridgehead atoms. The van der Waals surface area contributed by atoms with Gasteiger partial charge in [0.15, 0.2) is 0 Å². The van der Waals surface area contributed by atoms with Crippen molar-refractivity contribution < 1.29 is 18.3 Å². The smallest absolute Gasteiger partial charge is 0.391 e. The predicted octanol–water partition coefficient (Wildman–Crippen LogP) is 3.13. The van der Waals surface area contributed by atoms with Crippen LogP contribution in [0.4, 0.5) is 13.2 Å². The molecule has 1 saturated carbocycles. The number of rotatable bonds is 2. The molecule has 0 saturated heterocycles. The van der Waals surface area contributed by atoms with E-state index in [1.54, 1.807) is 0 Å². The van der Waals surface area contributed by atoms with E-state index in [-0.39, 0.29) is 18.8 Å². The highest BCUT2D eigenvalue weighted by Gasteiger charge is 2.43. The van der Waals surface area contributed by atoms with E-state index in [2.05, 4.69) is 0 Å². The fraction of sp³-hybridized carbons (Fsp3) is 1.00. The average Bonchev–Trinajstić information content (AvgIpc) is 2.15. The Labute approximate surface area is 82.3 Å². The molecule has 0 aliphatic heterocycles. The van der Waals surface area contributed by atoms with Crippen LogP contribution in [0.15, 0.2) is 0 Å². The van der Waals surface area contributed by atoms with Gasteiger partial charge in [-0.1, -0.05) is 13.3 Å². The van der Waals surface area contributed by atoms with E-state index in [0.29, 0.717) is 12.8 Å². The SMILES string of the molecule is CCC(O)C1CCCC(C(F)(F)F)C1. The number of aliphatic hydroxyl groups is 1. The van der Waals surface area contributed by atoms with Crippen LogP contribution in [0.25, 0.3) is 0 Å². The summed E-state index contributed by atoms with van der Waals surface area (Å²) in [7, 11) is 0. The second-order valence-corrected chi connectivity index (χ2v) is 4.14. The molecule has 0 amide bonds. The zero-order valence-electron chi connectivity index (χ0n) is 8.35. The van der Waals surface area contributed by atoms with Gasteiger partial charge in [-0.05, 0) is 31.6 Å². The van der Waals surface area contributed by atoms with Gasteiger partial charge in [-0.15, -0.1) is 0 Å². The fourth-order valence-corrected chi connectivity index (χ4v) is 2.21. The van der Waals surface area contributed by atoms with Crippen molar-refractivity contribution in [2.45, 2.75) is 51.3 Å². The third-order valence-electron chi connectivity index (χ3n) is 3.14. The van der Waals surface area contributed by atoms with Crippen molar-refractivity contribution in [2.24, 2.45) is 11.8 Å². The summed E-state index contributed by atoms with van der Waals surface area (Å²) < 4.78 is 37.2. The molecule has 1 aliphatic rings. The maximum absolute atomic E-state index is 12.4. The normalized spacial score (nSPS) is 31.5. The molecule has 14 heavy (non-hydrogen) atoms. The first-order chi connectivity index (χ1) is 6.45. The van der Waals surface area contributed by atoms with Crippen LogP contribution in [-0.2, 0) is 0 Å². The standard InChI is InChI=1S/C10H17F3O/c1-2-9(14)7-4-3-5-8(6-7)10(11,12)13/h7-9,14H,2-6H2,1H3. The summed E-state index contributed by atoms with van der Waals surface area (Å²) in [6.45, 7) is 1.81. The zero-order chi connectivity index (χ0) is 10.8. The van der Waals surface area contributed by atoms with Gasteiger partial charge in [-0.3, -0.25) is 0 Å². The van der Waals surface area contributed by atoms with E-state index in [1.165, 1.54) is 0 Å². The van der Waals surface area contributed by atoms with Gasteiger partial charge in [0.2, 0.25) is 0 Å². The van der Waals surface area contributed by atoms with Crippen molar-refractivity contribution in [1.29, 1.82) is 0 Å². The van der Waals surface area contributed by atoms with Gasteiger partial charge >= 0.3 is 6.18 Å². The van der Waals surface area contributed by atoms with Crippen LogP contribution in [0.2, 0.25) is 0 Å². The summed E-state index contributed by atoms with van der Waals surface area (Å²) >= 11 is 0. The fourth-order valence-electron chi connectivity index (χ4n) is 2.21. The van der Waals surface area contributed by atoms with Crippen LogP contribution < -0.4 is 0 Å². The Kier molecular flexibility index (Phi) is 3.81. The lowest BCUT2D eigenvalue weighted by Gasteiger charge is -2.32. The van der Waals surface area contributed by atoms with Crippen molar-refractivity contribution in [1.82, 2.24) is 0 Å². The van der Waals surface area contributed by atoms with Gasteiger partial charge in [0.1, 0.15) is 0 Å². The highest BCUT2D eigenvalue weighted by molar-refractivity contribution is 4.81. The predicted molar refractivity (Wildman–Crippen MR) is 47.8 cm³/mol. The summed E-state index contributed by atoms with van der Waals surface area (Å²) in [6, 6.07) is 0. The Hall–Kier alpha value is -0.250. The molecular formula is C10H17F3O. The van der Waals surface area contributed by atoms with Crippen molar-refractivity contribution in [3.05, 3.63) is 0 Å². The maximum Gasteiger partial charge on any atom is 0.391 e. The molecule has 0 aromatic heterocycles. The van der Waals surface area contributed by atoms with Crippen molar-refractivity contribution in [3.8, 4) is 0 Å². The Morgan fingerprint density at radius 2 is 2.00 bits per heavy atom. The average molecular weight is 210 g/mol. The number of hydrogen-bond acceptors (Lipinski definition) is 1. The van der Waals surface area contributed by atoms with Crippen molar-refractivity contribution in [3.63, 3.8) is 0 Å². The minimum atomic E-state index is -4.08. The first-order valence-electron chi connectivity index (χ1n) is 5.20. The lowest BCUT2D eigenvalue weighted by Crippen LogP contribution is -2.33. The van der Waals surface area contributed by atoms with Crippen molar-refractivity contribution >= 4 is 0 Å². The molecule has 1 fully saturated rings. The molecular weight excluding hydrogens is 193 g/mol. The maximum atomic E-state index is 12.4. The number of hydrogen-bond donors (Lipinski definition) is 1. The minimum Gasteiger partial charge on any atom is -0.393 e. The van der Waals surface area contributed by atoms with Gasteiger partial charge in [0.25, 0.3) is 0 Å². The second-order valence-electron chi connectivity index (χ2n) is 4.14. The van der Waals surface area contributed by atoms with Gasteiger partial charge in [-0.2, -0.15) is 13.2 Å². The van der Waals surface area contributed by atoms with Gasteiger partial charge in [-0.25, -0.2) is 0 Å². The van der Waals surface area contributed by atoms with Gasteiger partial charge in [0, 0.05) is 0 Å². The first kappa shape index (κ1) is 11.8. The molecule has 1 rings (SSSR count). The molecule has 3 unspecified atom stereocenters. The Balaban J connectivity index is 2.52. The molecule has 0 aromatic rings.